The number of aromatic nitrogens is 2. The minimum Gasteiger partial charge on any atom is -0.399 e. The second-order valence-corrected chi connectivity index (χ2v) is 6.12. The summed E-state index contributed by atoms with van der Waals surface area (Å²) in [5.41, 5.74) is 9.36. The Morgan fingerprint density at radius 1 is 1.05 bits per heavy atom. The van der Waals surface area contributed by atoms with Crippen LogP contribution < -0.4 is 11.1 Å². The summed E-state index contributed by atoms with van der Waals surface area (Å²) in [4.78, 5) is 9.26. The predicted octanol–water partition coefficient (Wildman–Crippen LogP) is 4.48. The van der Waals surface area contributed by atoms with Crippen LogP contribution in [-0.2, 0) is 0 Å². The van der Waals surface area contributed by atoms with Gasteiger partial charge in [0.05, 0.1) is 11.2 Å². The van der Waals surface area contributed by atoms with Crippen LogP contribution in [0.15, 0.2) is 47.8 Å². The molecule has 0 spiro atoms. The quantitative estimate of drug-likeness (QED) is 0.536. The molecule has 0 amide bonds. The smallest absolute Gasteiger partial charge is 0.228 e. The van der Waals surface area contributed by atoms with Gasteiger partial charge in [0.25, 0.3) is 0 Å². The van der Waals surface area contributed by atoms with Crippen molar-refractivity contribution in [2.75, 3.05) is 11.1 Å². The van der Waals surface area contributed by atoms with Crippen LogP contribution >= 0.6 is 11.3 Å². The normalized spacial score (nSPS) is 11.1. The van der Waals surface area contributed by atoms with E-state index in [1.807, 2.05) is 31.2 Å². The number of benzene rings is 2. The third-order valence-corrected chi connectivity index (χ3v) is 4.51. The first-order chi connectivity index (χ1) is 10.7. The van der Waals surface area contributed by atoms with Gasteiger partial charge in [0.1, 0.15) is 0 Å². The van der Waals surface area contributed by atoms with E-state index in [1.54, 1.807) is 11.3 Å². The molecule has 0 saturated carbocycles. The summed E-state index contributed by atoms with van der Waals surface area (Å²) in [6.45, 7) is 2.01. The number of rotatable bonds is 2. The third-order valence-electron chi connectivity index (χ3n) is 3.63. The summed E-state index contributed by atoms with van der Waals surface area (Å²) in [5, 5.41) is 7.58. The first-order valence-electron chi connectivity index (χ1n) is 6.98. The molecule has 0 fully saturated rings. The Morgan fingerprint density at radius 2 is 1.95 bits per heavy atom. The van der Waals surface area contributed by atoms with E-state index in [0.29, 0.717) is 11.6 Å². The van der Waals surface area contributed by atoms with E-state index in [9.17, 15) is 0 Å². The molecule has 0 radical (unpaired) electrons. The number of nitrogens with zero attached hydrogens (tertiary/aromatic N) is 2. The van der Waals surface area contributed by atoms with E-state index in [0.717, 1.165) is 22.3 Å². The predicted molar refractivity (Wildman–Crippen MR) is 93.8 cm³/mol. The molecule has 0 bridgehead atoms. The van der Waals surface area contributed by atoms with Crippen LogP contribution in [0.1, 0.15) is 5.69 Å². The maximum absolute atomic E-state index is 5.81. The third kappa shape index (κ3) is 2.16. The first kappa shape index (κ1) is 13.0. The molecule has 2 aromatic heterocycles. The summed E-state index contributed by atoms with van der Waals surface area (Å²) in [6, 6.07) is 13.9. The summed E-state index contributed by atoms with van der Waals surface area (Å²) in [5.74, 6) is 0.592. The van der Waals surface area contributed by atoms with E-state index in [2.05, 4.69) is 33.9 Å². The molecule has 0 unspecified atom stereocenters. The number of nitrogens with two attached hydrogens (primary N) is 1. The summed E-state index contributed by atoms with van der Waals surface area (Å²) in [7, 11) is 0. The fraction of sp³-hybridized carbons (Fsp3) is 0.0588. The standard InChI is InChI=1S/C17H14N4S/c1-10-13-5-6-15-14(7-8-22-15)16(13)21-17(19-10)20-12-4-2-3-11(18)9-12/h2-9H,18H2,1H3,(H,19,20,21). The van der Waals surface area contributed by atoms with Crippen LogP contribution in [0.5, 0.6) is 0 Å². The van der Waals surface area contributed by atoms with Gasteiger partial charge in [-0.3, -0.25) is 0 Å². The molecule has 0 saturated heterocycles. The van der Waals surface area contributed by atoms with Crippen molar-refractivity contribution in [2.45, 2.75) is 6.92 Å². The largest absolute Gasteiger partial charge is 0.399 e. The van der Waals surface area contributed by atoms with Crippen LogP contribution in [0.4, 0.5) is 17.3 Å². The Labute approximate surface area is 131 Å². The second kappa shape index (κ2) is 4.96. The monoisotopic (exact) mass is 306 g/mol. The maximum Gasteiger partial charge on any atom is 0.228 e. The van der Waals surface area contributed by atoms with E-state index >= 15 is 0 Å². The molecule has 0 aliphatic heterocycles. The topological polar surface area (TPSA) is 63.8 Å². The van der Waals surface area contributed by atoms with E-state index in [1.165, 1.54) is 10.1 Å². The number of hydrogen-bond acceptors (Lipinski definition) is 5. The zero-order valence-electron chi connectivity index (χ0n) is 12.0. The van der Waals surface area contributed by atoms with Crippen molar-refractivity contribution in [3.05, 3.63) is 53.5 Å². The molecule has 0 atom stereocenters. The van der Waals surface area contributed by atoms with E-state index in [4.69, 9.17) is 10.7 Å². The number of thiophene rings is 1. The SMILES string of the molecule is Cc1nc(Nc2cccc(N)c2)nc2c1ccc1sccc12. The zero-order valence-corrected chi connectivity index (χ0v) is 12.8. The summed E-state index contributed by atoms with van der Waals surface area (Å²) in [6.07, 6.45) is 0. The number of fused-ring (bicyclic) bond motifs is 3. The zero-order chi connectivity index (χ0) is 15.1. The molecule has 4 aromatic rings. The molecule has 22 heavy (non-hydrogen) atoms. The lowest BCUT2D eigenvalue weighted by Crippen LogP contribution is -2.00. The van der Waals surface area contributed by atoms with Crippen molar-refractivity contribution in [3.8, 4) is 0 Å². The minimum atomic E-state index is 0.592. The van der Waals surface area contributed by atoms with Gasteiger partial charge in [-0.2, -0.15) is 0 Å². The van der Waals surface area contributed by atoms with Crippen LogP contribution in [-0.4, -0.2) is 9.97 Å². The van der Waals surface area contributed by atoms with Crippen molar-refractivity contribution in [1.29, 1.82) is 0 Å². The second-order valence-electron chi connectivity index (χ2n) is 5.18. The van der Waals surface area contributed by atoms with Crippen molar-refractivity contribution in [3.63, 3.8) is 0 Å². The molecule has 0 aliphatic rings. The number of aryl methyl sites for hydroxylation is 1. The average Bonchev–Trinajstić information content (AvgIpc) is 2.96. The first-order valence-corrected chi connectivity index (χ1v) is 7.86. The molecule has 2 heterocycles. The fourth-order valence-corrected chi connectivity index (χ4v) is 3.38. The van der Waals surface area contributed by atoms with Gasteiger partial charge in [0, 0.05) is 26.8 Å². The molecule has 0 aliphatic carbocycles. The van der Waals surface area contributed by atoms with Gasteiger partial charge in [0.2, 0.25) is 5.95 Å². The van der Waals surface area contributed by atoms with E-state index < -0.39 is 0 Å². The van der Waals surface area contributed by atoms with Gasteiger partial charge in [-0.1, -0.05) is 6.07 Å². The van der Waals surface area contributed by atoms with Crippen molar-refractivity contribution < 1.29 is 0 Å². The Bertz CT molecular complexity index is 990. The lowest BCUT2D eigenvalue weighted by molar-refractivity contribution is 1.15. The highest BCUT2D eigenvalue weighted by molar-refractivity contribution is 7.17. The van der Waals surface area contributed by atoms with Crippen molar-refractivity contribution in [2.24, 2.45) is 0 Å². The Kier molecular flexibility index (Phi) is 2.94. The highest BCUT2D eigenvalue weighted by Crippen LogP contribution is 2.30. The molecular formula is C17H14N4S. The van der Waals surface area contributed by atoms with Gasteiger partial charge >= 0.3 is 0 Å². The lowest BCUT2D eigenvalue weighted by Gasteiger charge is -2.09. The van der Waals surface area contributed by atoms with Crippen molar-refractivity contribution >= 4 is 49.6 Å². The van der Waals surface area contributed by atoms with E-state index in [-0.39, 0.29) is 0 Å². The maximum atomic E-state index is 5.81. The van der Waals surface area contributed by atoms with Gasteiger partial charge in [-0.15, -0.1) is 11.3 Å². The Hall–Kier alpha value is -2.66. The minimum absolute atomic E-state index is 0.592. The number of anilines is 3. The highest BCUT2D eigenvalue weighted by atomic mass is 32.1. The lowest BCUT2D eigenvalue weighted by atomic mass is 10.1. The Balaban J connectivity index is 1.88. The van der Waals surface area contributed by atoms with Gasteiger partial charge in [0.15, 0.2) is 0 Å². The number of hydrogen-bond donors (Lipinski definition) is 2. The highest BCUT2D eigenvalue weighted by Gasteiger charge is 2.09. The van der Waals surface area contributed by atoms with Gasteiger partial charge in [-0.25, -0.2) is 9.97 Å². The van der Waals surface area contributed by atoms with Gasteiger partial charge < -0.3 is 11.1 Å². The molecule has 2 aromatic carbocycles. The van der Waals surface area contributed by atoms with Crippen molar-refractivity contribution in [1.82, 2.24) is 9.97 Å². The Morgan fingerprint density at radius 3 is 2.82 bits per heavy atom. The van der Waals surface area contributed by atoms with Crippen LogP contribution in [0, 0.1) is 6.92 Å². The number of nitrogen functional groups attached to an aromatic ring is 1. The molecule has 108 valence electrons. The molecular weight excluding hydrogens is 292 g/mol. The molecule has 4 nitrogen and oxygen atoms in total. The van der Waals surface area contributed by atoms with Crippen LogP contribution in [0.3, 0.4) is 0 Å². The average molecular weight is 306 g/mol. The molecule has 4 rings (SSSR count). The van der Waals surface area contributed by atoms with Crippen LogP contribution in [0.2, 0.25) is 0 Å². The fourth-order valence-electron chi connectivity index (χ4n) is 2.59. The molecule has 5 heteroatoms. The molecule has 3 N–H and O–H groups in total. The summed E-state index contributed by atoms with van der Waals surface area (Å²) < 4.78 is 1.24. The summed E-state index contributed by atoms with van der Waals surface area (Å²) >= 11 is 1.72. The van der Waals surface area contributed by atoms with Gasteiger partial charge in [-0.05, 0) is 48.7 Å². The van der Waals surface area contributed by atoms with Crippen LogP contribution in [0.25, 0.3) is 21.0 Å². The number of nitrogens with one attached hydrogen (secondary N) is 1.